The zero-order valence-corrected chi connectivity index (χ0v) is 16.7. The van der Waals surface area contributed by atoms with Crippen molar-refractivity contribution in [2.45, 2.75) is 41.0 Å². The Hall–Kier alpha value is -2.87. The fraction of sp³-hybridized carbons (Fsp3) is 0.409. The molecular weight excluding hydrogens is 336 g/mol. The summed E-state index contributed by atoms with van der Waals surface area (Å²) in [7, 11) is 0. The minimum Gasteiger partial charge on any atom is -0.492 e. The van der Waals surface area contributed by atoms with E-state index in [0.29, 0.717) is 29.8 Å². The van der Waals surface area contributed by atoms with E-state index in [-0.39, 0.29) is 0 Å². The molecule has 0 aliphatic rings. The summed E-state index contributed by atoms with van der Waals surface area (Å²) >= 11 is 0. The van der Waals surface area contributed by atoms with E-state index >= 15 is 0 Å². The summed E-state index contributed by atoms with van der Waals surface area (Å²) in [6, 6.07) is 11.9. The largest absolute Gasteiger partial charge is 0.492 e. The maximum Gasteiger partial charge on any atom is 0.156 e. The zero-order chi connectivity index (χ0) is 19.6. The number of nitrogens with zero attached hydrogens (tertiary/aromatic N) is 4. The Kier molecular flexibility index (Phi) is 5.46. The molecule has 0 saturated heterocycles. The van der Waals surface area contributed by atoms with Gasteiger partial charge in [-0.05, 0) is 56.4 Å². The van der Waals surface area contributed by atoms with Gasteiger partial charge in [0, 0.05) is 17.3 Å². The number of hydrogen-bond acceptors (Lipinski definition) is 4. The molecule has 0 spiro atoms. The van der Waals surface area contributed by atoms with Crippen molar-refractivity contribution in [1.29, 1.82) is 5.26 Å². The van der Waals surface area contributed by atoms with Crippen molar-refractivity contribution in [3.63, 3.8) is 0 Å². The number of ether oxygens (including phenoxy) is 1. The molecule has 3 aromatic rings. The van der Waals surface area contributed by atoms with Crippen LogP contribution in [-0.4, -0.2) is 21.2 Å². The van der Waals surface area contributed by atoms with E-state index in [0.717, 1.165) is 34.7 Å². The lowest BCUT2D eigenvalue weighted by Crippen LogP contribution is -2.11. The second-order valence-corrected chi connectivity index (χ2v) is 7.71. The highest BCUT2D eigenvalue weighted by molar-refractivity contribution is 5.67. The maximum atomic E-state index is 9.61. The summed E-state index contributed by atoms with van der Waals surface area (Å²) in [5.74, 6) is 1.72. The Morgan fingerprint density at radius 2 is 1.89 bits per heavy atom. The predicted molar refractivity (Wildman–Crippen MR) is 107 cm³/mol. The molecule has 2 aromatic heterocycles. The molecule has 0 radical (unpaired) electrons. The average Bonchev–Trinajstić information content (AvgIpc) is 2.98. The SMILES string of the molecule is Cc1cc(-c2ccc(OC[C@H](C)CC(C)C)c(C#N)c2)n2nc(C)cc2n1. The molecule has 3 rings (SSSR count). The zero-order valence-electron chi connectivity index (χ0n) is 16.7. The highest BCUT2D eigenvalue weighted by atomic mass is 16.5. The fourth-order valence-corrected chi connectivity index (χ4v) is 3.43. The van der Waals surface area contributed by atoms with E-state index in [9.17, 15) is 5.26 Å². The number of aromatic nitrogens is 3. The number of hydrogen-bond donors (Lipinski definition) is 0. The molecule has 140 valence electrons. The summed E-state index contributed by atoms with van der Waals surface area (Å²) in [6.07, 6.45) is 1.10. The highest BCUT2D eigenvalue weighted by Gasteiger charge is 2.13. The van der Waals surface area contributed by atoms with Crippen molar-refractivity contribution in [1.82, 2.24) is 14.6 Å². The molecule has 0 unspecified atom stereocenters. The smallest absolute Gasteiger partial charge is 0.156 e. The summed E-state index contributed by atoms with van der Waals surface area (Å²) in [6.45, 7) is 11.1. The summed E-state index contributed by atoms with van der Waals surface area (Å²) < 4.78 is 7.76. The van der Waals surface area contributed by atoms with Crippen molar-refractivity contribution in [2.75, 3.05) is 6.61 Å². The summed E-state index contributed by atoms with van der Waals surface area (Å²) in [5.41, 5.74) is 5.02. The molecule has 27 heavy (non-hydrogen) atoms. The van der Waals surface area contributed by atoms with Crippen LogP contribution in [0.5, 0.6) is 5.75 Å². The second-order valence-electron chi connectivity index (χ2n) is 7.71. The van der Waals surface area contributed by atoms with Gasteiger partial charge in [0.2, 0.25) is 0 Å². The van der Waals surface area contributed by atoms with E-state index in [2.05, 4.69) is 36.9 Å². The van der Waals surface area contributed by atoms with Gasteiger partial charge in [0.05, 0.1) is 23.6 Å². The lowest BCUT2D eigenvalue weighted by Gasteiger charge is -2.16. The van der Waals surface area contributed by atoms with Crippen LogP contribution in [0.15, 0.2) is 30.3 Å². The van der Waals surface area contributed by atoms with Gasteiger partial charge in [-0.15, -0.1) is 0 Å². The maximum absolute atomic E-state index is 9.61. The van der Waals surface area contributed by atoms with Crippen LogP contribution < -0.4 is 4.74 Å². The van der Waals surface area contributed by atoms with Gasteiger partial charge in [-0.1, -0.05) is 20.8 Å². The van der Waals surface area contributed by atoms with Gasteiger partial charge in [0.15, 0.2) is 5.65 Å². The molecule has 0 amide bonds. The number of benzene rings is 1. The van der Waals surface area contributed by atoms with Crippen LogP contribution in [0.1, 0.15) is 44.1 Å². The highest BCUT2D eigenvalue weighted by Crippen LogP contribution is 2.28. The van der Waals surface area contributed by atoms with Crippen LogP contribution in [0.2, 0.25) is 0 Å². The standard InChI is InChI=1S/C22H26N4O/c1-14(2)8-15(3)13-27-21-7-6-18(11-19(21)12-23)20-9-16(4)24-22-10-17(5)25-26(20)22/h6-7,9-11,14-15H,8,13H2,1-5H3/t15-/m1/s1. The minimum absolute atomic E-state index is 0.450. The van der Waals surface area contributed by atoms with Gasteiger partial charge < -0.3 is 4.74 Å². The summed E-state index contributed by atoms with van der Waals surface area (Å²) in [4.78, 5) is 4.53. The van der Waals surface area contributed by atoms with Crippen molar-refractivity contribution in [2.24, 2.45) is 11.8 Å². The Bertz CT molecular complexity index is 997. The van der Waals surface area contributed by atoms with Crippen LogP contribution in [0.4, 0.5) is 0 Å². The Morgan fingerprint density at radius 1 is 1.11 bits per heavy atom. The Labute approximate surface area is 160 Å². The van der Waals surface area contributed by atoms with Gasteiger partial charge in [-0.25, -0.2) is 9.50 Å². The lowest BCUT2D eigenvalue weighted by atomic mass is 10.00. The third-order valence-corrected chi connectivity index (χ3v) is 4.47. The fourth-order valence-electron chi connectivity index (χ4n) is 3.43. The molecular formula is C22H26N4O. The number of rotatable bonds is 6. The van der Waals surface area contributed by atoms with Gasteiger partial charge in [-0.3, -0.25) is 0 Å². The van der Waals surface area contributed by atoms with E-state index in [4.69, 9.17) is 4.74 Å². The molecule has 5 nitrogen and oxygen atoms in total. The molecule has 0 aliphatic heterocycles. The minimum atomic E-state index is 0.450. The molecule has 1 aromatic carbocycles. The second kappa shape index (κ2) is 7.79. The molecule has 0 N–H and O–H groups in total. The van der Waals surface area contributed by atoms with Crippen molar-refractivity contribution >= 4 is 5.65 Å². The summed E-state index contributed by atoms with van der Waals surface area (Å²) in [5, 5.41) is 14.1. The molecule has 2 heterocycles. The van der Waals surface area contributed by atoms with Crippen LogP contribution in [-0.2, 0) is 0 Å². The van der Waals surface area contributed by atoms with Crippen molar-refractivity contribution < 1.29 is 4.74 Å². The number of fused-ring (bicyclic) bond motifs is 1. The van der Waals surface area contributed by atoms with Gasteiger partial charge in [0.1, 0.15) is 11.8 Å². The van der Waals surface area contributed by atoms with Gasteiger partial charge >= 0.3 is 0 Å². The molecule has 5 heteroatoms. The lowest BCUT2D eigenvalue weighted by molar-refractivity contribution is 0.238. The van der Waals surface area contributed by atoms with Gasteiger partial charge in [0.25, 0.3) is 0 Å². The third kappa shape index (κ3) is 4.28. The molecule has 0 fully saturated rings. The Balaban J connectivity index is 1.92. The molecule has 0 aliphatic carbocycles. The van der Waals surface area contributed by atoms with Crippen molar-refractivity contribution in [3.05, 3.63) is 47.3 Å². The van der Waals surface area contributed by atoms with E-state index in [1.165, 1.54) is 0 Å². The number of aryl methyl sites for hydroxylation is 2. The van der Waals surface area contributed by atoms with Crippen LogP contribution in [0, 0.1) is 37.0 Å². The first-order valence-corrected chi connectivity index (χ1v) is 9.38. The topological polar surface area (TPSA) is 63.2 Å². The molecule has 0 saturated carbocycles. The van der Waals surface area contributed by atoms with Crippen LogP contribution >= 0.6 is 0 Å². The first-order chi connectivity index (χ1) is 12.9. The van der Waals surface area contributed by atoms with Crippen LogP contribution in [0.25, 0.3) is 16.9 Å². The third-order valence-electron chi connectivity index (χ3n) is 4.47. The normalized spacial score (nSPS) is 12.3. The first-order valence-electron chi connectivity index (χ1n) is 9.38. The van der Waals surface area contributed by atoms with E-state index < -0.39 is 0 Å². The monoisotopic (exact) mass is 362 g/mol. The number of nitriles is 1. The van der Waals surface area contributed by atoms with E-state index in [1.54, 1.807) is 0 Å². The quantitative estimate of drug-likeness (QED) is 0.623. The van der Waals surface area contributed by atoms with Crippen LogP contribution in [0.3, 0.4) is 0 Å². The van der Waals surface area contributed by atoms with Crippen molar-refractivity contribution in [3.8, 4) is 23.1 Å². The van der Waals surface area contributed by atoms with Gasteiger partial charge in [-0.2, -0.15) is 10.4 Å². The average molecular weight is 362 g/mol. The predicted octanol–water partition coefficient (Wildman–Crippen LogP) is 4.95. The van der Waals surface area contributed by atoms with E-state index in [1.807, 2.05) is 48.7 Å². The Morgan fingerprint density at radius 3 is 2.59 bits per heavy atom. The molecule has 1 atom stereocenters. The molecule has 0 bridgehead atoms. The first kappa shape index (κ1) is 18.9.